The topological polar surface area (TPSA) is 62.4 Å². The van der Waals surface area contributed by atoms with Gasteiger partial charge in [-0.3, -0.25) is 4.90 Å². The monoisotopic (exact) mass is 227 g/mol. The molecule has 5 nitrogen and oxygen atoms in total. The van der Waals surface area contributed by atoms with Gasteiger partial charge >= 0.3 is 0 Å². The molecule has 1 rings (SSSR count). The maximum absolute atomic E-state index is 9.74. The first-order valence-electron chi connectivity index (χ1n) is 5.70. The molecule has 0 fully saturated rings. The largest absolute Gasteiger partial charge is 0.389 e. The van der Waals surface area contributed by atoms with Crippen molar-refractivity contribution in [3.05, 3.63) is 11.7 Å². The van der Waals surface area contributed by atoms with E-state index in [2.05, 4.69) is 15.0 Å². The van der Waals surface area contributed by atoms with Gasteiger partial charge in [0.15, 0.2) is 5.82 Å². The molecule has 92 valence electrons. The lowest BCUT2D eigenvalue weighted by Gasteiger charge is -2.26. The first-order chi connectivity index (χ1) is 7.44. The van der Waals surface area contributed by atoms with E-state index < -0.39 is 5.60 Å². The minimum absolute atomic E-state index is 0.591. The Labute approximate surface area is 96.5 Å². The van der Waals surface area contributed by atoms with E-state index in [1.54, 1.807) is 13.8 Å². The van der Waals surface area contributed by atoms with Crippen LogP contribution >= 0.6 is 0 Å². The summed E-state index contributed by atoms with van der Waals surface area (Å²) in [6.07, 6.45) is 0.779. The van der Waals surface area contributed by atoms with Gasteiger partial charge < -0.3 is 9.63 Å². The Morgan fingerprint density at radius 3 is 2.50 bits per heavy atom. The van der Waals surface area contributed by atoms with Gasteiger partial charge in [-0.15, -0.1) is 0 Å². The zero-order valence-electron chi connectivity index (χ0n) is 10.5. The smallest absolute Gasteiger partial charge is 0.240 e. The first-order valence-corrected chi connectivity index (χ1v) is 5.70. The van der Waals surface area contributed by atoms with E-state index in [1.807, 2.05) is 13.8 Å². The number of hydrogen-bond acceptors (Lipinski definition) is 5. The van der Waals surface area contributed by atoms with Crippen molar-refractivity contribution in [2.24, 2.45) is 0 Å². The molecule has 0 bridgehead atoms. The molecule has 0 aliphatic rings. The molecule has 0 spiro atoms. The van der Waals surface area contributed by atoms with Gasteiger partial charge in [0, 0.05) is 13.0 Å². The van der Waals surface area contributed by atoms with E-state index in [0.717, 1.165) is 18.8 Å². The molecule has 0 radical (unpaired) electrons. The van der Waals surface area contributed by atoms with E-state index in [0.29, 0.717) is 19.0 Å². The highest BCUT2D eigenvalue weighted by molar-refractivity contribution is 4.86. The van der Waals surface area contributed by atoms with Crippen LogP contribution in [0, 0.1) is 0 Å². The third-order valence-corrected chi connectivity index (χ3v) is 2.24. The summed E-state index contributed by atoms with van der Waals surface area (Å²) in [4.78, 5) is 6.32. The molecule has 16 heavy (non-hydrogen) atoms. The predicted octanol–water partition coefficient (Wildman–Crippen LogP) is 1.22. The molecule has 0 unspecified atom stereocenters. The molecule has 0 aliphatic heterocycles. The average Bonchev–Trinajstić information content (AvgIpc) is 2.62. The van der Waals surface area contributed by atoms with Crippen molar-refractivity contribution in [1.29, 1.82) is 0 Å². The van der Waals surface area contributed by atoms with Crippen LogP contribution in [-0.4, -0.2) is 38.8 Å². The molecular weight excluding hydrogens is 206 g/mol. The molecule has 1 N–H and O–H groups in total. The summed E-state index contributed by atoms with van der Waals surface area (Å²) in [5, 5.41) is 13.6. The fourth-order valence-corrected chi connectivity index (χ4v) is 1.52. The number of aromatic nitrogens is 2. The molecule has 1 heterocycles. The zero-order valence-corrected chi connectivity index (χ0v) is 10.5. The fraction of sp³-hybridized carbons (Fsp3) is 0.818. The Bertz CT molecular complexity index is 317. The van der Waals surface area contributed by atoms with Gasteiger partial charge in [-0.2, -0.15) is 4.98 Å². The van der Waals surface area contributed by atoms with Crippen LogP contribution in [0.1, 0.15) is 39.4 Å². The number of rotatable bonds is 6. The van der Waals surface area contributed by atoms with Crippen LogP contribution in [0.5, 0.6) is 0 Å². The summed E-state index contributed by atoms with van der Waals surface area (Å²) in [6.45, 7) is 9.64. The molecule has 1 aromatic heterocycles. The van der Waals surface area contributed by atoms with Crippen molar-refractivity contribution in [3.63, 3.8) is 0 Å². The third kappa shape index (κ3) is 4.28. The molecule has 0 aromatic carbocycles. The van der Waals surface area contributed by atoms with Crippen molar-refractivity contribution in [3.8, 4) is 0 Å². The molecular formula is C11H21N3O2. The molecule has 0 saturated carbocycles. The highest BCUT2D eigenvalue weighted by atomic mass is 16.5. The van der Waals surface area contributed by atoms with Gasteiger partial charge in [-0.1, -0.05) is 19.0 Å². The first kappa shape index (κ1) is 13.1. The maximum atomic E-state index is 9.74. The van der Waals surface area contributed by atoms with E-state index in [1.165, 1.54) is 0 Å². The number of nitrogens with zero attached hydrogens (tertiary/aromatic N) is 3. The standard InChI is InChI=1S/C11H21N3O2/c1-5-9-12-10(16-13-9)7-14(6-2)8-11(3,4)15/h15H,5-8H2,1-4H3. The molecule has 1 aromatic rings. The summed E-state index contributed by atoms with van der Waals surface area (Å²) >= 11 is 0. The van der Waals surface area contributed by atoms with Gasteiger partial charge in [0.2, 0.25) is 5.89 Å². The highest BCUT2D eigenvalue weighted by Gasteiger charge is 2.19. The molecule has 0 amide bonds. The highest BCUT2D eigenvalue weighted by Crippen LogP contribution is 2.08. The predicted molar refractivity (Wildman–Crippen MR) is 60.9 cm³/mol. The number of aryl methyl sites for hydroxylation is 1. The second-order valence-corrected chi connectivity index (χ2v) is 4.57. The van der Waals surface area contributed by atoms with Crippen LogP contribution in [0.2, 0.25) is 0 Å². The fourth-order valence-electron chi connectivity index (χ4n) is 1.52. The second kappa shape index (κ2) is 5.41. The Morgan fingerprint density at radius 1 is 1.38 bits per heavy atom. The Hall–Kier alpha value is -0.940. The maximum Gasteiger partial charge on any atom is 0.240 e. The second-order valence-electron chi connectivity index (χ2n) is 4.57. The van der Waals surface area contributed by atoms with Crippen LogP contribution in [0.25, 0.3) is 0 Å². The zero-order chi connectivity index (χ0) is 12.2. The van der Waals surface area contributed by atoms with Crippen LogP contribution in [0.4, 0.5) is 0 Å². The van der Waals surface area contributed by atoms with Crippen molar-refractivity contribution in [2.45, 2.75) is 46.3 Å². The average molecular weight is 227 g/mol. The van der Waals surface area contributed by atoms with Crippen LogP contribution in [0.15, 0.2) is 4.52 Å². The molecule has 5 heteroatoms. The van der Waals surface area contributed by atoms with Crippen LogP contribution < -0.4 is 0 Å². The lowest BCUT2D eigenvalue weighted by atomic mass is 10.1. The van der Waals surface area contributed by atoms with Crippen molar-refractivity contribution in [2.75, 3.05) is 13.1 Å². The van der Waals surface area contributed by atoms with Gasteiger partial charge in [-0.05, 0) is 20.4 Å². The lowest BCUT2D eigenvalue weighted by Crippen LogP contribution is -2.38. The van der Waals surface area contributed by atoms with Gasteiger partial charge in [0.05, 0.1) is 12.1 Å². The summed E-state index contributed by atoms with van der Waals surface area (Å²) in [5.41, 5.74) is -0.705. The van der Waals surface area contributed by atoms with Crippen molar-refractivity contribution in [1.82, 2.24) is 15.0 Å². The van der Waals surface area contributed by atoms with Gasteiger partial charge in [-0.25, -0.2) is 0 Å². The third-order valence-electron chi connectivity index (χ3n) is 2.24. The molecule has 0 atom stereocenters. The van der Waals surface area contributed by atoms with Crippen molar-refractivity contribution >= 4 is 0 Å². The molecule has 0 saturated heterocycles. The molecule has 0 aliphatic carbocycles. The number of likely N-dealkylation sites (N-methyl/N-ethyl adjacent to an activating group) is 1. The van der Waals surface area contributed by atoms with Crippen LogP contribution in [-0.2, 0) is 13.0 Å². The summed E-state index contributed by atoms with van der Waals surface area (Å²) in [5.74, 6) is 1.34. The van der Waals surface area contributed by atoms with E-state index in [9.17, 15) is 5.11 Å². The normalized spacial score (nSPS) is 12.4. The minimum atomic E-state index is -0.705. The summed E-state index contributed by atoms with van der Waals surface area (Å²) in [7, 11) is 0. The lowest BCUT2D eigenvalue weighted by molar-refractivity contribution is 0.0322. The summed E-state index contributed by atoms with van der Waals surface area (Å²) in [6, 6.07) is 0. The van der Waals surface area contributed by atoms with E-state index in [4.69, 9.17) is 4.52 Å². The van der Waals surface area contributed by atoms with Gasteiger partial charge in [0.1, 0.15) is 0 Å². The Morgan fingerprint density at radius 2 is 2.06 bits per heavy atom. The number of hydrogen-bond donors (Lipinski definition) is 1. The SMILES string of the molecule is CCc1noc(CN(CC)CC(C)(C)O)n1. The van der Waals surface area contributed by atoms with Gasteiger partial charge in [0.25, 0.3) is 0 Å². The quantitative estimate of drug-likeness (QED) is 0.791. The van der Waals surface area contributed by atoms with E-state index >= 15 is 0 Å². The van der Waals surface area contributed by atoms with Crippen LogP contribution in [0.3, 0.4) is 0 Å². The van der Waals surface area contributed by atoms with Crippen molar-refractivity contribution < 1.29 is 9.63 Å². The minimum Gasteiger partial charge on any atom is -0.389 e. The number of aliphatic hydroxyl groups is 1. The van der Waals surface area contributed by atoms with E-state index in [-0.39, 0.29) is 0 Å². The Kier molecular flexibility index (Phi) is 4.44. The summed E-state index contributed by atoms with van der Waals surface area (Å²) < 4.78 is 5.12. The Balaban J connectivity index is 2.56.